The van der Waals surface area contributed by atoms with Gasteiger partial charge in [-0.3, -0.25) is 4.79 Å². The summed E-state index contributed by atoms with van der Waals surface area (Å²) in [6.07, 6.45) is 6.83. The fourth-order valence-corrected chi connectivity index (χ4v) is 8.51. The van der Waals surface area contributed by atoms with Gasteiger partial charge in [-0.05, 0) is 106 Å². The molecule has 0 saturated heterocycles. The number of benzene rings is 2. The third kappa shape index (κ3) is 8.17. The highest BCUT2D eigenvalue weighted by molar-refractivity contribution is 6.67. The van der Waals surface area contributed by atoms with Gasteiger partial charge in [-0.15, -0.1) is 0 Å². The first-order chi connectivity index (χ1) is 23.3. The molecule has 2 aromatic carbocycles. The molecule has 6 rings (SSSR count). The first-order valence-corrected chi connectivity index (χ1v) is 17.7. The molecule has 4 aliphatic rings. The van der Waals surface area contributed by atoms with Crippen molar-refractivity contribution in [2.75, 3.05) is 0 Å². The number of fused-ring (bicyclic) bond motifs is 4. The Morgan fingerprint density at radius 2 is 1.36 bits per heavy atom. The fourth-order valence-electron chi connectivity index (χ4n) is 8.51. The van der Waals surface area contributed by atoms with E-state index in [2.05, 4.69) is 47.8 Å². The molecule has 4 aliphatic carbocycles. The average molecular weight is 707 g/mol. The van der Waals surface area contributed by atoms with Gasteiger partial charge in [-0.1, -0.05) is 72.0 Å². The number of hydrogen-bond donors (Lipinski definition) is 1. The molecule has 1 N–H and O–H groups in total. The topological polar surface area (TPSA) is 116 Å². The number of aromatic hydroxyl groups is 1. The Kier molecular flexibility index (Phi) is 11.8. The zero-order valence-corrected chi connectivity index (χ0v) is 31.1. The van der Waals surface area contributed by atoms with Crippen LogP contribution in [0.5, 0.6) is 11.5 Å². The monoisotopic (exact) mass is 706 g/mol. The molecule has 0 amide bonds. The number of ether oxygens (including phenoxy) is 3. The predicted molar refractivity (Wildman–Crippen MR) is 193 cm³/mol. The fraction of sp³-hybridized carbons (Fsp3) is 0.512. The molecule has 2 aromatic rings. The zero-order valence-electron chi connectivity index (χ0n) is 30.3. The van der Waals surface area contributed by atoms with Gasteiger partial charge in [0.05, 0.1) is 0 Å². The van der Waals surface area contributed by atoms with Crippen LogP contribution in [-0.4, -0.2) is 40.5 Å². The summed E-state index contributed by atoms with van der Waals surface area (Å²) < 4.78 is 17.0. The van der Waals surface area contributed by atoms with Crippen LogP contribution < -0.4 is 4.74 Å². The standard InChI is InChI=1S/C20H24O4.C17H22O3.C4H5ClO/c1-12(2)18(21)23-16-8-6-5-7-15(16)19(22)24-17-13-9-10-14(11-13)20(17,3)4;1-16(2)11-8-9-17(3,10-11)15(16)20-14(19)12-6-4-5-7-13(12)18;1-3(2)4(5)6/h5-8,13-14,17H,1,9-11H2,2-4H3;4-7,11,15,18H,8-10H2,1-3H3;1H2,2H3. The van der Waals surface area contributed by atoms with Gasteiger partial charge in [0.2, 0.25) is 5.24 Å². The smallest absolute Gasteiger partial charge is 0.342 e. The van der Waals surface area contributed by atoms with Crippen molar-refractivity contribution in [3.8, 4) is 11.5 Å². The van der Waals surface area contributed by atoms with Gasteiger partial charge in [-0.25, -0.2) is 14.4 Å². The molecule has 6 unspecified atom stereocenters. The maximum Gasteiger partial charge on any atom is 0.342 e. The van der Waals surface area contributed by atoms with E-state index in [1.165, 1.54) is 18.9 Å². The van der Waals surface area contributed by atoms with E-state index in [0.29, 0.717) is 23.3 Å². The van der Waals surface area contributed by atoms with Crippen molar-refractivity contribution < 1.29 is 38.5 Å². The average Bonchev–Trinajstić information content (AvgIpc) is 3.79. The highest BCUT2D eigenvalue weighted by Crippen LogP contribution is 2.63. The molecule has 0 heterocycles. The Bertz CT molecular complexity index is 1640. The second kappa shape index (κ2) is 15.1. The Morgan fingerprint density at radius 1 is 0.780 bits per heavy atom. The minimum absolute atomic E-state index is 0.00189. The van der Waals surface area contributed by atoms with Crippen LogP contribution in [-0.2, 0) is 19.1 Å². The predicted octanol–water partition coefficient (Wildman–Crippen LogP) is 9.24. The Hall–Kier alpha value is -3.91. The van der Waals surface area contributed by atoms with Gasteiger partial charge in [0, 0.05) is 27.4 Å². The van der Waals surface area contributed by atoms with Crippen LogP contribution in [0.4, 0.5) is 0 Å². The summed E-state index contributed by atoms with van der Waals surface area (Å²) in [5, 5.41) is 9.32. The molecule has 0 spiro atoms. The van der Waals surface area contributed by atoms with E-state index in [9.17, 15) is 24.3 Å². The van der Waals surface area contributed by atoms with Gasteiger partial charge < -0.3 is 19.3 Å². The Morgan fingerprint density at radius 3 is 1.88 bits per heavy atom. The number of carbonyl (C=O) groups excluding carboxylic acids is 4. The number of halogens is 1. The van der Waals surface area contributed by atoms with Crippen LogP contribution in [0.2, 0.25) is 0 Å². The minimum Gasteiger partial charge on any atom is -0.507 e. The first-order valence-electron chi connectivity index (χ1n) is 17.3. The lowest BCUT2D eigenvalue weighted by Crippen LogP contribution is -2.43. The van der Waals surface area contributed by atoms with Crippen molar-refractivity contribution in [2.24, 2.45) is 34.0 Å². The van der Waals surface area contributed by atoms with Gasteiger partial charge in [0.15, 0.2) is 0 Å². The van der Waals surface area contributed by atoms with E-state index in [0.717, 1.165) is 25.7 Å². The first kappa shape index (κ1) is 38.9. The van der Waals surface area contributed by atoms with Crippen molar-refractivity contribution in [1.82, 2.24) is 0 Å². The quantitative estimate of drug-likeness (QED) is 0.131. The maximum absolute atomic E-state index is 12.7. The number of para-hydroxylation sites is 2. The highest BCUT2D eigenvalue weighted by atomic mass is 35.5. The number of allylic oxidation sites excluding steroid dienone is 1. The van der Waals surface area contributed by atoms with Gasteiger partial charge >= 0.3 is 17.9 Å². The van der Waals surface area contributed by atoms with Crippen molar-refractivity contribution in [1.29, 1.82) is 0 Å². The van der Waals surface area contributed by atoms with Crippen LogP contribution >= 0.6 is 11.6 Å². The maximum atomic E-state index is 12.7. The molecular formula is C41H51ClO8. The molecule has 4 fully saturated rings. The minimum atomic E-state index is -0.546. The van der Waals surface area contributed by atoms with E-state index < -0.39 is 23.2 Å². The van der Waals surface area contributed by atoms with Crippen LogP contribution in [0.25, 0.3) is 0 Å². The summed E-state index contributed by atoms with van der Waals surface area (Å²) in [5.41, 5.74) is 1.33. The number of carbonyl (C=O) groups is 4. The van der Waals surface area contributed by atoms with Gasteiger partial charge in [0.25, 0.3) is 0 Å². The third-order valence-electron chi connectivity index (χ3n) is 11.4. The lowest BCUT2D eigenvalue weighted by Gasteiger charge is -2.41. The van der Waals surface area contributed by atoms with Gasteiger partial charge in [0.1, 0.15) is 34.8 Å². The molecule has 50 heavy (non-hydrogen) atoms. The summed E-state index contributed by atoms with van der Waals surface area (Å²) in [7, 11) is 0. The van der Waals surface area contributed by atoms with Gasteiger partial charge in [-0.2, -0.15) is 0 Å². The van der Waals surface area contributed by atoms with E-state index >= 15 is 0 Å². The molecule has 8 nitrogen and oxygen atoms in total. The number of rotatable bonds is 7. The zero-order chi connectivity index (χ0) is 37.2. The number of phenolic OH excluding ortho intramolecular Hbond substituents is 1. The molecule has 4 saturated carbocycles. The lowest BCUT2D eigenvalue weighted by molar-refractivity contribution is -0.130. The molecule has 9 heteroatoms. The summed E-state index contributed by atoms with van der Waals surface area (Å²) in [4.78, 5) is 46.6. The second-order valence-electron chi connectivity index (χ2n) is 15.9. The molecule has 4 bridgehead atoms. The molecule has 270 valence electrons. The molecular weight excluding hydrogens is 656 g/mol. The molecule has 6 atom stereocenters. The van der Waals surface area contributed by atoms with E-state index in [4.69, 9.17) is 25.8 Å². The highest BCUT2D eigenvalue weighted by Gasteiger charge is 2.61. The summed E-state index contributed by atoms with van der Waals surface area (Å²) in [6.45, 7) is 21.0. The number of phenols is 1. The SMILES string of the molecule is C=C(C)C(=O)Cl.C=C(C)C(=O)Oc1ccccc1C(=O)OC1C2CCC(C2)C1(C)C.CC12CCC(C1)C(C)(C)C2OC(=O)c1ccccc1O. The lowest BCUT2D eigenvalue weighted by atomic mass is 9.70. The van der Waals surface area contributed by atoms with Crippen LogP contribution in [0.1, 0.15) is 108 Å². The largest absolute Gasteiger partial charge is 0.507 e. The summed E-state index contributed by atoms with van der Waals surface area (Å²) in [6, 6.07) is 13.3. The molecule has 0 aliphatic heterocycles. The normalized spacial score (nSPS) is 27.5. The van der Waals surface area contributed by atoms with Crippen molar-refractivity contribution in [3.63, 3.8) is 0 Å². The van der Waals surface area contributed by atoms with Crippen LogP contribution in [0.15, 0.2) is 72.8 Å². The van der Waals surface area contributed by atoms with Crippen LogP contribution in [0, 0.1) is 34.0 Å². The molecule has 0 aromatic heterocycles. The summed E-state index contributed by atoms with van der Waals surface area (Å²) in [5.74, 6) is 0.529. The van der Waals surface area contributed by atoms with E-state index in [-0.39, 0.29) is 56.7 Å². The Balaban J connectivity index is 0.000000196. The Labute approximate surface area is 301 Å². The third-order valence-corrected chi connectivity index (χ3v) is 11.7. The summed E-state index contributed by atoms with van der Waals surface area (Å²) >= 11 is 4.87. The van der Waals surface area contributed by atoms with Crippen molar-refractivity contribution >= 4 is 34.8 Å². The van der Waals surface area contributed by atoms with E-state index in [1.807, 2.05) is 0 Å². The van der Waals surface area contributed by atoms with Crippen molar-refractivity contribution in [2.45, 2.75) is 99.2 Å². The number of hydrogen-bond acceptors (Lipinski definition) is 8. The molecule has 0 radical (unpaired) electrons. The van der Waals surface area contributed by atoms with E-state index in [1.54, 1.807) is 56.3 Å². The van der Waals surface area contributed by atoms with Crippen LogP contribution in [0.3, 0.4) is 0 Å². The second-order valence-corrected chi connectivity index (χ2v) is 16.2. The number of esters is 3. The van der Waals surface area contributed by atoms with Crippen molar-refractivity contribution in [3.05, 3.63) is 84.0 Å².